The zero-order valence-corrected chi connectivity index (χ0v) is 13.4. The standard InChI is InChI=1S/C17H22FNO4/c1-11(2)7-16(20)19-9-13(18)8-14(19)10-23-15-5-3-12(4-6-15)17(21)22/h3-6,11,13-14H,7-10H2,1-2H3,(H,21,22)/t13-,14?/m1/s1. The van der Waals surface area contributed by atoms with Crippen molar-refractivity contribution in [2.45, 2.75) is 38.9 Å². The fourth-order valence-electron chi connectivity index (χ4n) is 2.68. The molecule has 0 aromatic heterocycles. The zero-order valence-electron chi connectivity index (χ0n) is 13.4. The van der Waals surface area contributed by atoms with Crippen molar-refractivity contribution in [3.05, 3.63) is 29.8 Å². The molecule has 1 unspecified atom stereocenters. The topological polar surface area (TPSA) is 66.8 Å². The van der Waals surface area contributed by atoms with Crippen LogP contribution in [0.5, 0.6) is 5.75 Å². The van der Waals surface area contributed by atoms with Gasteiger partial charge in [-0.05, 0) is 30.2 Å². The predicted molar refractivity (Wildman–Crippen MR) is 83.4 cm³/mol. The van der Waals surface area contributed by atoms with Crippen LogP contribution in [0.1, 0.15) is 37.0 Å². The van der Waals surface area contributed by atoms with Crippen LogP contribution >= 0.6 is 0 Å². The van der Waals surface area contributed by atoms with Gasteiger partial charge in [-0.1, -0.05) is 13.8 Å². The van der Waals surface area contributed by atoms with Crippen LogP contribution in [0.15, 0.2) is 24.3 Å². The Kier molecular flexibility index (Phi) is 5.58. The molecule has 5 nitrogen and oxygen atoms in total. The lowest BCUT2D eigenvalue weighted by atomic mass is 10.1. The monoisotopic (exact) mass is 323 g/mol. The van der Waals surface area contributed by atoms with Gasteiger partial charge in [-0.25, -0.2) is 9.18 Å². The van der Waals surface area contributed by atoms with Crippen molar-refractivity contribution in [2.24, 2.45) is 5.92 Å². The fourth-order valence-corrected chi connectivity index (χ4v) is 2.68. The van der Waals surface area contributed by atoms with Crippen LogP contribution in [0, 0.1) is 5.92 Å². The minimum atomic E-state index is -1.02. The molecule has 0 spiro atoms. The van der Waals surface area contributed by atoms with Gasteiger partial charge in [0, 0.05) is 12.8 Å². The molecule has 1 aromatic rings. The van der Waals surface area contributed by atoms with Crippen molar-refractivity contribution < 1.29 is 23.8 Å². The van der Waals surface area contributed by atoms with Gasteiger partial charge in [0.15, 0.2) is 0 Å². The Bertz CT molecular complexity index is 558. The molecule has 0 bridgehead atoms. The molecule has 1 fully saturated rings. The lowest BCUT2D eigenvalue weighted by Gasteiger charge is -2.25. The molecule has 23 heavy (non-hydrogen) atoms. The number of carboxylic acid groups (broad SMARTS) is 1. The summed E-state index contributed by atoms with van der Waals surface area (Å²) in [6.45, 7) is 4.24. The Morgan fingerprint density at radius 3 is 2.57 bits per heavy atom. The number of ether oxygens (including phenoxy) is 1. The van der Waals surface area contributed by atoms with E-state index in [0.717, 1.165) is 0 Å². The molecule has 6 heteroatoms. The number of alkyl halides is 1. The van der Waals surface area contributed by atoms with E-state index in [1.54, 1.807) is 17.0 Å². The quantitative estimate of drug-likeness (QED) is 0.874. The number of carbonyl (C=O) groups excluding carboxylic acids is 1. The van der Waals surface area contributed by atoms with Gasteiger partial charge < -0.3 is 14.7 Å². The molecule has 2 rings (SSSR count). The highest BCUT2D eigenvalue weighted by molar-refractivity contribution is 5.87. The van der Waals surface area contributed by atoms with E-state index >= 15 is 0 Å². The highest BCUT2D eigenvalue weighted by Crippen LogP contribution is 2.23. The summed E-state index contributed by atoms with van der Waals surface area (Å²) >= 11 is 0. The molecular formula is C17H22FNO4. The number of hydrogen-bond acceptors (Lipinski definition) is 3. The van der Waals surface area contributed by atoms with E-state index in [9.17, 15) is 14.0 Å². The summed E-state index contributed by atoms with van der Waals surface area (Å²) in [4.78, 5) is 24.5. The first kappa shape index (κ1) is 17.2. The van der Waals surface area contributed by atoms with Gasteiger partial charge in [0.1, 0.15) is 18.5 Å². The molecular weight excluding hydrogens is 301 g/mol. The van der Waals surface area contributed by atoms with Crippen LogP contribution in [0.2, 0.25) is 0 Å². The number of nitrogens with zero attached hydrogens (tertiary/aromatic N) is 1. The second-order valence-electron chi connectivity index (χ2n) is 6.27. The average molecular weight is 323 g/mol. The summed E-state index contributed by atoms with van der Waals surface area (Å²) in [5.74, 6) is -0.312. The van der Waals surface area contributed by atoms with Crippen LogP contribution in [-0.2, 0) is 4.79 Å². The Morgan fingerprint density at radius 2 is 2.00 bits per heavy atom. The third-order valence-electron chi connectivity index (χ3n) is 3.81. The molecule has 1 aliphatic rings. The smallest absolute Gasteiger partial charge is 0.335 e. The van der Waals surface area contributed by atoms with Crippen molar-refractivity contribution in [3.63, 3.8) is 0 Å². The highest BCUT2D eigenvalue weighted by Gasteiger charge is 2.35. The van der Waals surface area contributed by atoms with Gasteiger partial charge >= 0.3 is 5.97 Å². The third kappa shape index (κ3) is 4.68. The van der Waals surface area contributed by atoms with Crippen LogP contribution in [0.4, 0.5) is 4.39 Å². The number of rotatable bonds is 6. The van der Waals surface area contributed by atoms with Crippen LogP contribution < -0.4 is 4.74 Å². The van der Waals surface area contributed by atoms with Crippen LogP contribution in [0.25, 0.3) is 0 Å². The van der Waals surface area contributed by atoms with Crippen molar-refractivity contribution in [3.8, 4) is 5.75 Å². The molecule has 0 radical (unpaired) electrons. The largest absolute Gasteiger partial charge is 0.491 e. The molecule has 1 saturated heterocycles. The fraction of sp³-hybridized carbons (Fsp3) is 0.529. The van der Waals surface area contributed by atoms with Crippen LogP contribution in [-0.4, -0.2) is 47.2 Å². The minimum absolute atomic E-state index is 0.0463. The molecule has 126 valence electrons. The summed E-state index contributed by atoms with van der Waals surface area (Å²) in [7, 11) is 0. The summed E-state index contributed by atoms with van der Waals surface area (Å²) in [5, 5.41) is 8.85. The maximum Gasteiger partial charge on any atom is 0.335 e. The molecule has 1 aromatic carbocycles. The van der Waals surface area contributed by atoms with E-state index in [2.05, 4.69) is 0 Å². The third-order valence-corrected chi connectivity index (χ3v) is 3.81. The summed E-state index contributed by atoms with van der Waals surface area (Å²) in [5.41, 5.74) is 0.177. The molecule has 1 heterocycles. The number of benzene rings is 1. The summed E-state index contributed by atoms with van der Waals surface area (Å²) < 4.78 is 19.3. The second-order valence-corrected chi connectivity index (χ2v) is 6.27. The van der Waals surface area contributed by atoms with E-state index in [1.807, 2.05) is 13.8 Å². The van der Waals surface area contributed by atoms with E-state index < -0.39 is 12.1 Å². The lowest BCUT2D eigenvalue weighted by molar-refractivity contribution is -0.133. The van der Waals surface area contributed by atoms with Crippen LogP contribution in [0.3, 0.4) is 0 Å². The summed E-state index contributed by atoms with van der Waals surface area (Å²) in [6.07, 6.45) is -0.345. The van der Waals surface area contributed by atoms with Crippen molar-refractivity contribution in [2.75, 3.05) is 13.2 Å². The number of likely N-dealkylation sites (tertiary alicyclic amines) is 1. The van der Waals surface area contributed by atoms with E-state index in [0.29, 0.717) is 12.2 Å². The molecule has 1 aliphatic heterocycles. The Morgan fingerprint density at radius 1 is 1.35 bits per heavy atom. The van der Waals surface area contributed by atoms with Gasteiger partial charge in [0.05, 0.1) is 18.2 Å². The normalized spacial score (nSPS) is 20.8. The Labute approximate surface area is 135 Å². The molecule has 2 atom stereocenters. The van der Waals surface area contributed by atoms with E-state index in [-0.39, 0.29) is 43.0 Å². The summed E-state index contributed by atoms with van der Waals surface area (Å²) in [6, 6.07) is 5.74. The lowest BCUT2D eigenvalue weighted by Crippen LogP contribution is -2.39. The Hall–Kier alpha value is -2.11. The first-order chi connectivity index (χ1) is 10.9. The zero-order chi connectivity index (χ0) is 17.0. The predicted octanol–water partition coefficient (Wildman–Crippen LogP) is 2.75. The Balaban J connectivity index is 1.94. The number of halogens is 1. The van der Waals surface area contributed by atoms with Crippen molar-refractivity contribution in [1.82, 2.24) is 4.90 Å². The van der Waals surface area contributed by atoms with Gasteiger partial charge in [0.2, 0.25) is 5.91 Å². The molecule has 0 aliphatic carbocycles. The van der Waals surface area contributed by atoms with Gasteiger partial charge in [-0.15, -0.1) is 0 Å². The number of hydrogen-bond donors (Lipinski definition) is 1. The van der Waals surface area contributed by atoms with Gasteiger partial charge in [-0.3, -0.25) is 4.79 Å². The second kappa shape index (κ2) is 7.44. The minimum Gasteiger partial charge on any atom is -0.491 e. The number of carbonyl (C=O) groups is 2. The maximum absolute atomic E-state index is 13.7. The van der Waals surface area contributed by atoms with E-state index in [1.165, 1.54) is 12.1 Å². The maximum atomic E-state index is 13.7. The van der Waals surface area contributed by atoms with Crippen molar-refractivity contribution >= 4 is 11.9 Å². The molecule has 1 amide bonds. The van der Waals surface area contributed by atoms with Crippen molar-refractivity contribution in [1.29, 1.82) is 0 Å². The number of aromatic carboxylic acids is 1. The SMILES string of the molecule is CC(C)CC(=O)N1C[C@H](F)CC1COc1ccc(C(=O)O)cc1. The average Bonchev–Trinajstić information content (AvgIpc) is 2.86. The van der Waals surface area contributed by atoms with E-state index in [4.69, 9.17) is 9.84 Å². The molecule has 1 N–H and O–H groups in total. The first-order valence-corrected chi connectivity index (χ1v) is 7.76. The first-order valence-electron chi connectivity index (χ1n) is 7.76. The van der Waals surface area contributed by atoms with Gasteiger partial charge in [0.25, 0.3) is 0 Å². The van der Waals surface area contributed by atoms with Gasteiger partial charge in [-0.2, -0.15) is 0 Å². The molecule has 0 saturated carbocycles. The highest BCUT2D eigenvalue weighted by atomic mass is 19.1. The number of carboxylic acids is 1. The number of amides is 1.